The van der Waals surface area contributed by atoms with Gasteiger partial charge in [0.1, 0.15) is 5.15 Å². The van der Waals surface area contributed by atoms with Crippen LogP contribution in [0.5, 0.6) is 0 Å². The molecule has 0 aliphatic heterocycles. The van der Waals surface area contributed by atoms with E-state index < -0.39 is 5.97 Å². The van der Waals surface area contributed by atoms with Crippen molar-refractivity contribution >= 4 is 28.3 Å². The highest BCUT2D eigenvalue weighted by molar-refractivity contribution is 6.34. The minimum atomic E-state index is -0.580. The second-order valence-electron chi connectivity index (χ2n) is 3.25. The molecule has 2 rings (SSSR count). The van der Waals surface area contributed by atoms with E-state index in [1.165, 1.54) is 7.11 Å². The average Bonchev–Trinajstić information content (AvgIpc) is 2.38. The van der Waals surface area contributed by atoms with Crippen LogP contribution in [0.15, 0.2) is 30.5 Å². The van der Waals surface area contributed by atoms with Crippen molar-refractivity contribution in [3.63, 3.8) is 0 Å². The number of methoxy groups -OCH3 is 1. The smallest absolute Gasteiger partial charge is 0.384 e. The molecular formula is C13H8ClNO2. The Morgan fingerprint density at radius 1 is 1.35 bits per heavy atom. The maximum atomic E-state index is 10.9. The van der Waals surface area contributed by atoms with E-state index in [1.807, 2.05) is 24.3 Å². The molecule has 4 heteroatoms. The molecule has 0 amide bonds. The number of rotatable bonds is 0. The molecule has 0 unspecified atom stereocenters. The number of fused-ring (bicyclic) bond motifs is 1. The Hall–Kier alpha value is -2.05. The van der Waals surface area contributed by atoms with Gasteiger partial charge in [0.2, 0.25) is 0 Å². The number of nitrogens with zero attached hydrogens (tertiary/aromatic N) is 1. The number of carbonyl (C=O) groups excluding carboxylic acids is 1. The van der Waals surface area contributed by atoms with Gasteiger partial charge in [0.25, 0.3) is 0 Å². The Labute approximate surface area is 103 Å². The molecule has 84 valence electrons. The molecule has 0 N–H and O–H groups in total. The molecule has 2 aromatic rings. The molecule has 0 aliphatic carbocycles. The van der Waals surface area contributed by atoms with Gasteiger partial charge in [-0.3, -0.25) is 0 Å². The number of carbonyl (C=O) groups is 1. The van der Waals surface area contributed by atoms with Crippen LogP contribution in [0.3, 0.4) is 0 Å². The number of halogens is 1. The quantitative estimate of drug-likeness (QED) is 0.407. The number of hydrogen-bond donors (Lipinski definition) is 0. The van der Waals surface area contributed by atoms with Gasteiger partial charge in [-0.05, 0) is 0 Å². The molecule has 0 saturated carbocycles. The van der Waals surface area contributed by atoms with Gasteiger partial charge in [-0.15, -0.1) is 0 Å². The van der Waals surface area contributed by atoms with Crippen molar-refractivity contribution in [3.05, 3.63) is 41.2 Å². The number of esters is 1. The van der Waals surface area contributed by atoms with E-state index in [0.29, 0.717) is 10.7 Å². The summed E-state index contributed by atoms with van der Waals surface area (Å²) >= 11 is 5.97. The Bertz CT molecular complexity index is 641. The lowest BCUT2D eigenvalue weighted by Gasteiger charge is -2.01. The molecule has 1 aromatic carbocycles. The van der Waals surface area contributed by atoms with Crippen LogP contribution in [0.4, 0.5) is 0 Å². The maximum absolute atomic E-state index is 10.9. The molecule has 17 heavy (non-hydrogen) atoms. The normalized spacial score (nSPS) is 9.53. The molecule has 3 nitrogen and oxygen atoms in total. The predicted molar refractivity (Wildman–Crippen MR) is 65.6 cm³/mol. The van der Waals surface area contributed by atoms with Gasteiger partial charge >= 0.3 is 5.97 Å². The van der Waals surface area contributed by atoms with E-state index in [2.05, 4.69) is 21.6 Å². The first-order chi connectivity index (χ1) is 8.22. The molecule has 1 aromatic heterocycles. The summed E-state index contributed by atoms with van der Waals surface area (Å²) in [5.41, 5.74) is 0.649. The molecule has 0 fully saturated rings. The highest BCUT2D eigenvalue weighted by atomic mass is 35.5. The molecule has 1 heterocycles. The molecule has 0 spiro atoms. The lowest BCUT2D eigenvalue weighted by atomic mass is 10.1. The zero-order valence-corrected chi connectivity index (χ0v) is 9.78. The summed E-state index contributed by atoms with van der Waals surface area (Å²) in [6.07, 6.45) is 1.54. The number of benzene rings is 1. The average molecular weight is 246 g/mol. The first kappa shape index (κ1) is 11.4. The highest BCUT2D eigenvalue weighted by Gasteiger charge is 2.03. The molecule has 0 bridgehead atoms. The van der Waals surface area contributed by atoms with Crippen molar-refractivity contribution in [2.75, 3.05) is 7.11 Å². The van der Waals surface area contributed by atoms with E-state index in [1.54, 1.807) is 6.20 Å². The zero-order chi connectivity index (χ0) is 12.3. The fourth-order valence-electron chi connectivity index (χ4n) is 1.43. The third kappa shape index (κ3) is 2.38. The zero-order valence-electron chi connectivity index (χ0n) is 9.03. The van der Waals surface area contributed by atoms with Crippen molar-refractivity contribution in [2.45, 2.75) is 0 Å². The Kier molecular flexibility index (Phi) is 3.27. The van der Waals surface area contributed by atoms with E-state index in [9.17, 15) is 4.79 Å². The van der Waals surface area contributed by atoms with E-state index in [4.69, 9.17) is 11.6 Å². The summed E-state index contributed by atoms with van der Waals surface area (Å²) in [4.78, 5) is 15.0. The van der Waals surface area contributed by atoms with E-state index in [0.717, 1.165) is 10.8 Å². The number of hydrogen-bond acceptors (Lipinski definition) is 3. The fraction of sp³-hybridized carbons (Fsp3) is 0.0769. The van der Waals surface area contributed by atoms with Crippen molar-refractivity contribution < 1.29 is 9.53 Å². The highest BCUT2D eigenvalue weighted by Crippen LogP contribution is 2.23. The van der Waals surface area contributed by atoms with Gasteiger partial charge in [-0.2, -0.15) is 0 Å². The van der Waals surface area contributed by atoms with Crippen LogP contribution in [0, 0.1) is 11.8 Å². The van der Waals surface area contributed by atoms with Crippen molar-refractivity contribution in [3.8, 4) is 11.8 Å². The van der Waals surface area contributed by atoms with Gasteiger partial charge in [0.15, 0.2) is 0 Å². The SMILES string of the molecule is COC(=O)C#Cc1cnc(Cl)c2ccccc12. The summed E-state index contributed by atoms with van der Waals surface area (Å²) in [6, 6.07) is 7.48. The first-order valence-corrected chi connectivity index (χ1v) is 5.23. The Balaban J connectivity index is 2.58. The van der Waals surface area contributed by atoms with Crippen LogP contribution in [0.1, 0.15) is 5.56 Å². The topological polar surface area (TPSA) is 39.2 Å². The minimum absolute atomic E-state index is 0.421. The van der Waals surface area contributed by atoms with Gasteiger partial charge in [0, 0.05) is 22.9 Å². The summed E-state index contributed by atoms with van der Waals surface area (Å²) in [5.74, 6) is 4.51. The molecular weight excluding hydrogens is 238 g/mol. The van der Waals surface area contributed by atoms with Crippen LogP contribution in [0.25, 0.3) is 10.8 Å². The summed E-state index contributed by atoms with van der Waals surface area (Å²) in [7, 11) is 1.29. The van der Waals surface area contributed by atoms with Crippen LogP contribution in [-0.2, 0) is 9.53 Å². The van der Waals surface area contributed by atoms with Crippen LogP contribution >= 0.6 is 11.6 Å². The van der Waals surface area contributed by atoms with Gasteiger partial charge < -0.3 is 4.74 Å². The number of ether oxygens (including phenoxy) is 1. The largest absolute Gasteiger partial charge is 0.459 e. The molecule has 0 atom stereocenters. The molecule has 0 aliphatic rings. The fourth-order valence-corrected chi connectivity index (χ4v) is 1.64. The second kappa shape index (κ2) is 4.86. The third-order valence-corrected chi connectivity index (χ3v) is 2.53. The number of aromatic nitrogens is 1. The summed E-state index contributed by atoms with van der Waals surface area (Å²) in [5, 5.41) is 2.10. The van der Waals surface area contributed by atoms with Gasteiger partial charge in [0.05, 0.1) is 12.7 Å². The predicted octanol–water partition coefficient (Wildman–Crippen LogP) is 2.41. The van der Waals surface area contributed by atoms with Crippen LogP contribution < -0.4 is 0 Å². The second-order valence-corrected chi connectivity index (χ2v) is 3.61. The minimum Gasteiger partial charge on any atom is -0.459 e. The van der Waals surface area contributed by atoms with E-state index in [-0.39, 0.29) is 0 Å². The lowest BCUT2D eigenvalue weighted by molar-refractivity contribution is -0.133. The Morgan fingerprint density at radius 2 is 2.06 bits per heavy atom. The van der Waals surface area contributed by atoms with E-state index >= 15 is 0 Å². The number of pyridine rings is 1. The first-order valence-electron chi connectivity index (χ1n) is 4.85. The van der Waals surface area contributed by atoms with Crippen molar-refractivity contribution in [1.82, 2.24) is 4.98 Å². The van der Waals surface area contributed by atoms with Crippen LogP contribution in [0.2, 0.25) is 5.15 Å². The standard InChI is InChI=1S/C13H8ClNO2/c1-17-12(16)7-6-9-8-15-13(14)11-5-3-2-4-10(9)11/h2-5,8H,1H3. The lowest BCUT2D eigenvalue weighted by Crippen LogP contribution is -1.94. The maximum Gasteiger partial charge on any atom is 0.384 e. The van der Waals surface area contributed by atoms with Crippen molar-refractivity contribution in [1.29, 1.82) is 0 Å². The monoisotopic (exact) mass is 245 g/mol. The van der Waals surface area contributed by atoms with Crippen molar-refractivity contribution in [2.24, 2.45) is 0 Å². The van der Waals surface area contributed by atoms with Gasteiger partial charge in [-0.1, -0.05) is 41.8 Å². The molecule has 0 saturated heterocycles. The molecule has 0 radical (unpaired) electrons. The summed E-state index contributed by atoms with van der Waals surface area (Å²) < 4.78 is 4.45. The summed E-state index contributed by atoms with van der Waals surface area (Å²) in [6.45, 7) is 0. The Morgan fingerprint density at radius 3 is 2.76 bits per heavy atom. The van der Waals surface area contributed by atoms with Crippen LogP contribution in [-0.4, -0.2) is 18.1 Å². The third-order valence-electron chi connectivity index (χ3n) is 2.23. The van der Waals surface area contributed by atoms with Gasteiger partial charge in [-0.25, -0.2) is 9.78 Å².